The number of rotatable bonds is 21. The second kappa shape index (κ2) is 21.1. The van der Waals surface area contributed by atoms with Crippen LogP contribution in [0.15, 0.2) is 30.3 Å². The van der Waals surface area contributed by atoms with Crippen LogP contribution in [0.5, 0.6) is 0 Å². The lowest BCUT2D eigenvalue weighted by atomic mass is 9.95. The Morgan fingerprint density at radius 2 is 1.14 bits per heavy atom. The fraction of sp³-hybridized carbons (Fsp3) is 0.657. The molecule has 14 nitrogen and oxygen atoms in total. The molecule has 276 valence electrons. The quantitative estimate of drug-likeness (QED) is 0.0921. The summed E-state index contributed by atoms with van der Waals surface area (Å²) in [5.41, 5.74) is 0.762. The van der Waals surface area contributed by atoms with Crippen LogP contribution >= 0.6 is 0 Å². The number of carboxylic acids is 1. The first kappa shape index (κ1) is 43.0. The lowest BCUT2D eigenvalue weighted by molar-refractivity contribution is -0.140. The molecule has 0 aliphatic rings. The van der Waals surface area contributed by atoms with E-state index in [4.69, 9.17) is 5.11 Å². The van der Waals surface area contributed by atoms with E-state index >= 15 is 0 Å². The van der Waals surface area contributed by atoms with Crippen LogP contribution in [-0.4, -0.2) is 93.2 Å². The van der Waals surface area contributed by atoms with Crippen LogP contribution in [0.3, 0.4) is 0 Å². The summed E-state index contributed by atoms with van der Waals surface area (Å²) in [7, 11) is 0. The van der Waals surface area contributed by atoms with E-state index in [9.17, 15) is 39.0 Å². The summed E-state index contributed by atoms with van der Waals surface area (Å²) in [6.45, 7) is 13.9. The number of carbonyl (C=O) groups is 6. The normalized spacial score (nSPS) is 15.7. The Kier molecular flexibility index (Phi) is 18.5. The molecule has 0 spiro atoms. The zero-order valence-corrected chi connectivity index (χ0v) is 30.0. The number of aliphatic hydroxyl groups excluding tert-OH is 2. The number of aliphatic hydroxyl groups is 2. The molecule has 0 aromatic heterocycles. The molecule has 5 amide bonds. The smallest absolute Gasteiger partial charge is 0.306 e. The van der Waals surface area contributed by atoms with Crippen molar-refractivity contribution in [3.8, 4) is 0 Å². The molecule has 49 heavy (non-hydrogen) atoms. The molecule has 0 saturated heterocycles. The predicted octanol–water partition coefficient (Wildman–Crippen LogP) is 1.03. The topological polar surface area (TPSA) is 223 Å². The summed E-state index contributed by atoms with van der Waals surface area (Å²) in [6, 6.07) is 4.13. The molecule has 14 heteroatoms. The highest BCUT2D eigenvalue weighted by atomic mass is 16.4. The van der Waals surface area contributed by atoms with Gasteiger partial charge in [-0.15, -0.1) is 0 Å². The van der Waals surface area contributed by atoms with Gasteiger partial charge in [0.05, 0.1) is 37.1 Å². The minimum atomic E-state index is -1.39. The summed E-state index contributed by atoms with van der Waals surface area (Å²) in [4.78, 5) is 75.8. The Balaban J connectivity index is 2.96. The van der Waals surface area contributed by atoms with Crippen molar-refractivity contribution < 1.29 is 44.1 Å². The van der Waals surface area contributed by atoms with Crippen LogP contribution in [0.2, 0.25) is 0 Å². The first-order valence-corrected chi connectivity index (χ1v) is 17.0. The van der Waals surface area contributed by atoms with Crippen molar-refractivity contribution in [3.63, 3.8) is 0 Å². The average Bonchev–Trinajstić information content (AvgIpc) is 3.00. The van der Waals surface area contributed by atoms with E-state index < -0.39 is 84.9 Å². The molecule has 7 atom stereocenters. The van der Waals surface area contributed by atoms with Gasteiger partial charge in [0.2, 0.25) is 29.5 Å². The second-order valence-electron chi connectivity index (χ2n) is 13.6. The van der Waals surface area contributed by atoms with Crippen molar-refractivity contribution in [2.75, 3.05) is 0 Å². The van der Waals surface area contributed by atoms with Gasteiger partial charge < -0.3 is 41.9 Å². The van der Waals surface area contributed by atoms with Crippen molar-refractivity contribution in [2.24, 2.45) is 17.8 Å². The van der Waals surface area contributed by atoms with Crippen LogP contribution in [0, 0.1) is 17.8 Å². The third kappa shape index (κ3) is 15.8. The van der Waals surface area contributed by atoms with Crippen molar-refractivity contribution >= 4 is 35.5 Å². The van der Waals surface area contributed by atoms with Crippen molar-refractivity contribution in [1.29, 1.82) is 0 Å². The van der Waals surface area contributed by atoms with E-state index in [-0.39, 0.29) is 36.5 Å². The Morgan fingerprint density at radius 1 is 0.633 bits per heavy atom. The maximum absolute atomic E-state index is 13.5. The number of carbonyl (C=O) groups excluding carboxylic acids is 5. The molecule has 0 radical (unpaired) electrons. The van der Waals surface area contributed by atoms with E-state index in [1.165, 1.54) is 6.92 Å². The summed E-state index contributed by atoms with van der Waals surface area (Å²) in [5.74, 6) is -4.53. The largest absolute Gasteiger partial charge is 0.481 e. The molecule has 0 heterocycles. The standard InChI is InChI=1S/C35H57N5O9/c1-9-28(43)39-31(20(4)5)35(49)40-32(21(6)7)34(48)38-24(15-19(2)3)26(41)17-29(44)36-22(8)33(47)37-25(27(42)18-30(45)46)16-23-13-11-10-12-14-23/h10-14,19-22,24-27,31-32,41-42H,9,15-18H2,1-8H3,(H,36,44)(H,37,47)(H,38,48)(H,39,43)(H,40,49)(H,45,46)/t22-,24+,25-,26+,27+,31-,32-/m0/s1. The third-order valence-corrected chi connectivity index (χ3v) is 7.99. The third-order valence-electron chi connectivity index (χ3n) is 7.99. The number of amides is 5. The lowest BCUT2D eigenvalue weighted by Crippen LogP contribution is -2.59. The number of aliphatic carboxylic acids is 1. The highest BCUT2D eigenvalue weighted by Crippen LogP contribution is 2.14. The van der Waals surface area contributed by atoms with E-state index in [1.54, 1.807) is 65.0 Å². The first-order chi connectivity index (χ1) is 22.9. The fourth-order valence-corrected chi connectivity index (χ4v) is 5.16. The Morgan fingerprint density at radius 3 is 1.65 bits per heavy atom. The zero-order valence-electron chi connectivity index (χ0n) is 30.0. The zero-order chi connectivity index (χ0) is 37.4. The highest BCUT2D eigenvalue weighted by Gasteiger charge is 2.33. The van der Waals surface area contributed by atoms with Crippen LogP contribution in [-0.2, 0) is 35.2 Å². The molecule has 0 aliphatic heterocycles. The summed E-state index contributed by atoms with van der Waals surface area (Å²) >= 11 is 0. The highest BCUT2D eigenvalue weighted by molar-refractivity contribution is 5.92. The molecule has 0 aliphatic carbocycles. The molecule has 0 fully saturated rings. The van der Waals surface area contributed by atoms with Gasteiger partial charge >= 0.3 is 5.97 Å². The van der Waals surface area contributed by atoms with E-state index in [2.05, 4.69) is 26.6 Å². The van der Waals surface area contributed by atoms with Crippen molar-refractivity contribution in [1.82, 2.24) is 26.6 Å². The molecule has 1 aromatic rings. The van der Waals surface area contributed by atoms with Crippen molar-refractivity contribution in [2.45, 2.75) is 130 Å². The van der Waals surface area contributed by atoms with Gasteiger partial charge in [-0.25, -0.2) is 0 Å². The number of hydrogen-bond donors (Lipinski definition) is 8. The second-order valence-corrected chi connectivity index (χ2v) is 13.6. The minimum absolute atomic E-state index is 0.00755. The monoisotopic (exact) mass is 691 g/mol. The van der Waals surface area contributed by atoms with Gasteiger partial charge in [-0.05, 0) is 43.1 Å². The molecule has 0 saturated carbocycles. The number of benzene rings is 1. The maximum atomic E-state index is 13.5. The van der Waals surface area contributed by atoms with Gasteiger partial charge in [-0.3, -0.25) is 28.8 Å². The van der Waals surface area contributed by atoms with Gasteiger partial charge in [0, 0.05) is 6.42 Å². The summed E-state index contributed by atoms with van der Waals surface area (Å²) in [6.07, 6.45) is -3.14. The van der Waals surface area contributed by atoms with Gasteiger partial charge in [-0.2, -0.15) is 0 Å². The Hall–Kier alpha value is -4.04. The number of nitrogens with one attached hydrogen (secondary N) is 5. The van der Waals surface area contributed by atoms with Gasteiger partial charge in [0.15, 0.2) is 0 Å². The van der Waals surface area contributed by atoms with Crippen LogP contribution in [0.1, 0.15) is 86.6 Å². The Bertz CT molecular complexity index is 1240. The van der Waals surface area contributed by atoms with Crippen LogP contribution in [0.25, 0.3) is 0 Å². The SMILES string of the molecule is CCC(=O)N[C@H](C(=O)N[C@H](C(=O)N[C@H](CC(C)C)[C@H](O)CC(=O)N[C@@H](C)C(=O)N[C@@H](Cc1ccccc1)[C@H](O)CC(=O)O)C(C)C)C(C)C. The van der Waals surface area contributed by atoms with E-state index in [0.29, 0.717) is 6.42 Å². The summed E-state index contributed by atoms with van der Waals surface area (Å²) in [5, 5.41) is 44.1. The number of carboxylic acid groups (broad SMARTS) is 1. The molecule has 1 rings (SSSR count). The Labute approximate surface area is 289 Å². The average molecular weight is 692 g/mol. The fourth-order valence-electron chi connectivity index (χ4n) is 5.16. The van der Waals surface area contributed by atoms with E-state index in [0.717, 1.165) is 5.56 Å². The maximum Gasteiger partial charge on any atom is 0.306 e. The molecular weight excluding hydrogens is 634 g/mol. The summed E-state index contributed by atoms with van der Waals surface area (Å²) < 4.78 is 0. The molecular formula is C35H57N5O9. The minimum Gasteiger partial charge on any atom is -0.481 e. The molecule has 1 aromatic carbocycles. The van der Waals surface area contributed by atoms with Gasteiger partial charge in [0.1, 0.15) is 18.1 Å². The van der Waals surface area contributed by atoms with Crippen molar-refractivity contribution in [3.05, 3.63) is 35.9 Å². The van der Waals surface area contributed by atoms with E-state index in [1.807, 2.05) is 13.8 Å². The molecule has 0 unspecified atom stereocenters. The predicted molar refractivity (Wildman–Crippen MR) is 184 cm³/mol. The molecule has 0 bridgehead atoms. The van der Waals surface area contributed by atoms with Gasteiger partial charge in [-0.1, -0.05) is 78.8 Å². The molecule has 8 N–H and O–H groups in total. The number of hydrogen-bond acceptors (Lipinski definition) is 8. The van der Waals surface area contributed by atoms with Gasteiger partial charge in [0.25, 0.3) is 0 Å². The van der Waals surface area contributed by atoms with Crippen LogP contribution in [0.4, 0.5) is 0 Å². The lowest BCUT2D eigenvalue weighted by Gasteiger charge is -2.31. The first-order valence-electron chi connectivity index (χ1n) is 17.0. The van der Waals surface area contributed by atoms with Crippen LogP contribution < -0.4 is 26.6 Å².